The average molecular weight is 598 g/mol. The molecule has 1 fully saturated rings. The standard InChI is InChI=1S/C28H18ClF2N3O4S2/c29-15-3-9-18(10-4-15)32-20(35)13-33-27-24(40-28(33)38)21(14-1-5-16(30)6-2-14)22-23(39-27)26(37)34(25(22)36)19-11-7-17(31)8-12-19/h1-12,21-23H,13H2,(H,32,35)/t21-,22-,23+/m0/s1. The molecule has 12 heteroatoms. The van der Waals surface area contributed by atoms with Gasteiger partial charge >= 0.3 is 4.87 Å². The van der Waals surface area contributed by atoms with Crippen molar-refractivity contribution in [3.05, 3.63) is 110 Å². The third-order valence-corrected chi connectivity index (χ3v) is 9.65. The number of anilines is 2. The molecule has 1 aromatic heterocycles. The molecule has 2 aliphatic heterocycles. The zero-order valence-corrected chi connectivity index (χ0v) is 22.7. The summed E-state index contributed by atoms with van der Waals surface area (Å²) in [5.41, 5.74) is 1.28. The van der Waals surface area contributed by atoms with Gasteiger partial charge in [-0.2, -0.15) is 0 Å². The van der Waals surface area contributed by atoms with E-state index in [2.05, 4.69) is 5.32 Å². The fourth-order valence-corrected chi connectivity index (χ4v) is 7.91. The number of hydrogen-bond donors (Lipinski definition) is 1. The van der Waals surface area contributed by atoms with E-state index in [0.717, 1.165) is 40.1 Å². The van der Waals surface area contributed by atoms with Crippen LogP contribution in [0.5, 0.6) is 0 Å². The van der Waals surface area contributed by atoms with E-state index in [0.29, 0.717) is 26.2 Å². The molecule has 0 unspecified atom stereocenters. The molecule has 2 aliphatic rings. The Balaban J connectivity index is 1.40. The molecule has 0 bridgehead atoms. The first-order chi connectivity index (χ1) is 19.2. The number of nitrogens with zero attached hydrogens (tertiary/aromatic N) is 2. The summed E-state index contributed by atoms with van der Waals surface area (Å²) in [4.78, 5) is 54.6. The lowest BCUT2D eigenvalue weighted by Gasteiger charge is -2.30. The van der Waals surface area contributed by atoms with Gasteiger partial charge in [0.25, 0.3) is 0 Å². The number of thioether (sulfide) groups is 1. The highest BCUT2D eigenvalue weighted by molar-refractivity contribution is 8.00. The predicted molar refractivity (Wildman–Crippen MR) is 149 cm³/mol. The van der Waals surface area contributed by atoms with E-state index < -0.39 is 51.3 Å². The van der Waals surface area contributed by atoms with Gasteiger partial charge in [-0.15, -0.1) is 0 Å². The molecule has 6 rings (SSSR count). The third-order valence-electron chi connectivity index (χ3n) is 6.79. The number of imide groups is 1. The number of thiazole rings is 1. The van der Waals surface area contributed by atoms with Crippen molar-refractivity contribution in [1.29, 1.82) is 0 Å². The number of carbonyl (C=O) groups excluding carboxylic acids is 3. The zero-order chi connectivity index (χ0) is 28.1. The van der Waals surface area contributed by atoms with Crippen molar-refractivity contribution in [2.75, 3.05) is 10.2 Å². The van der Waals surface area contributed by atoms with Crippen LogP contribution in [0.1, 0.15) is 16.4 Å². The van der Waals surface area contributed by atoms with E-state index in [1.807, 2.05) is 0 Å². The van der Waals surface area contributed by atoms with Crippen molar-refractivity contribution < 1.29 is 23.2 Å². The van der Waals surface area contributed by atoms with Crippen molar-refractivity contribution in [3.8, 4) is 0 Å². The lowest BCUT2D eigenvalue weighted by Crippen LogP contribution is -2.33. The van der Waals surface area contributed by atoms with E-state index in [1.165, 1.54) is 41.0 Å². The smallest absolute Gasteiger partial charge is 0.308 e. The number of nitrogens with one attached hydrogen (secondary N) is 1. The number of fused-ring (bicyclic) bond motifs is 2. The van der Waals surface area contributed by atoms with Crippen LogP contribution < -0.4 is 15.1 Å². The average Bonchev–Trinajstić information content (AvgIpc) is 3.37. The second kappa shape index (κ2) is 10.3. The van der Waals surface area contributed by atoms with Crippen LogP contribution in [0, 0.1) is 17.6 Å². The molecule has 4 aromatic rings. The van der Waals surface area contributed by atoms with Crippen LogP contribution in [0.4, 0.5) is 20.2 Å². The first kappa shape index (κ1) is 26.4. The number of aromatic nitrogens is 1. The van der Waals surface area contributed by atoms with Crippen LogP contribution in [0.25, 0.3) is 0 Å². The van der Waals surface area contributed by atoms with Crippen molar-refractivity contribution in [2.45, 2.75) is 22.7 Å². The minimum atomic E-state index is -0.917. The predicted octanol–water partition coefficient (Wildman–Crippen LogP) is 5.28. The highest BCUT2D eigenvalue weighted by atomic mass is 35.5. The highest BCUT2D eigenvalue weighted by Crippen LogP contribution is 2.53. The number of rotatable bonds is 5. The summed E-state index contributed by atoms with van der Waals surface area (Å²) in [6.07, 6.45) is 0. The van der Waals surface area contributed by atoms with Crippen molar-refractivity contribution >= 4 is 63.8 Å². The molecule has 0 radical (unpaired) electrons. The van der Waals surface area contributed by atoms with Gasteiger partial charge in [0.2, 0.25) is 17.7 Å². The minimum absolute atomic E-state index is 0.229. The van der Waals surface area contributed by atoms with Crippen molar-refractivity contribution in [1.82, 2.24) is 4.57 Å². The van der Waals surface area contributed by atoms with Gasteiger partial charge in [0.1, 0.15) is 23.4 Å². The van der Waals surface area contributed by atoms with Crippen LogP contribution in [-0.4, -0.2) is 27.5 Å². The maximum absolute atomic E-state index is 13.8. The SMILES string of the molecule is O=C(Cn1c2c(sc1=O)[C@@H](c1ccc(F)cc1)[C@@H]1C(=O)N(c3ccc(F)cc3)C(=O)[C@@H]1S2)Nc1ccc(Cl)cc1. The van der Waals surface area contributed by atoms with E-state index in [-0.39, 0.29) is 12.2 Å². The fourth-order valence-electron chi connectivity index (χ4n) is 5.01. The van der Waals surface area contributed by atoms with Gasteiger partial charge in [-0.3, -0.25) is 23.7 Å². The van der Waals surface area contributed by atoms with Gasteiger partial charge in [-0.1, -0.05) is 46.8 Å². The summed E-state index contributed by atoms with van der Waals surface area (Å²) in [7, 11) is 0. The van der Waals surface area contributed by atoms with Gasteiger partial charge in [0, 0.05) is 21.5 Å². The molecule has 0 spiro atoms. The Bertz CT molecular complexity index is 1710. The fraction of sp³-hybridized carbons (Fsp3) is 0.143. The van der Waals surface area contributed by atoms with Crippen LogP contribution in [-0.2, 0) is 20.9 Å². The third kappa shape index (κ3) is 4.63. The molecule has 1 N–H and O–H groups in total. The van der Waals surface area contributed by atoms with Crippen molar-refractivity contribution in [3.63, 3.8) is 0 Å². The summed E-state index contributed by atoms with van der Waals surface area (Å²) in [6, 6.07) is 17.1. The maximum atomic E-state index is 13.8. The van der Waals surface area contributed by atoms with Crippen LogP contribution in [0.2, 0.25) is 5.02 Å². The van der Waals surface area contributed by atoms with E-state index in [4.69, 9.17) is 11.6 Å². The largest absolute Gasteiger partial charge is 0.325 e. The molecule has 3 aromatic carbocycles. The Morgan fingerprint density at radius 3 is 2.15 bits per heavy atom. The summed E-state index contributed by atoms with van der Waals surface area (Å²) in [5.74, 6) is -4.09. The lowest BCUT2D eigenvalue weighted by molar-refractivity contribution is -0.122. The summed E-state index contributed by atoms with van der Waals surface area (Å²) >= 11 is 7.85. The highest BCUT2D eigenvalue weighted by Gasteiger charge is 2.56. The maximum Gasteiger partial charge on any atom is 0.308 e. The Kier molecular flexibility index (Phi) is 6.81. The van der Waals surface area contributed by atoms with E-state index >= 15 is 0 Å². The zero-order valence-electron chi connectivity index (χ0n) is 20.3. The molecule has 40 heavy (non-hydrogen) atoms. The molecule has 1 saturated heterocycles. The Labute approximate surface area is 239 Å². The normalized spacial score (nSPS) is 19.9. The van der Waals surface area contributed by atoms with E-state index in [9.17, 15) is 28.0 Å². The van der Waals surface area contributed by atoms with Crippen molar-refractivity contribution in [2.24, 2.45) is 5.92 Å². The van der Waals surface area contributed by atoms with E-state index in [1.54, 1.807) is 24.3 Å². The first-order valence-corrected chi connectivity index (χ1v) is 14.1. The van der Waals surface area contributed by atoms with Gasteiger partial charge < -0.3 is 5.32 Å². The van der Waals surface area contributed by atoms with Gasteiger partial charge in [0.05, 0.1) is 16.6 Å². The quantitative estimate of drug-likeness (QED) is 0.317. The Hall–Kier alpha value is -3.80. The molecule has 3 heterocycles. The number of hydrogen-bond acceptors (Lipinski definition) is 6. The molecule has 0 aliphatic carbocycles. The molecule has 3 amide bonds. The first-order valence-electron chi connectivity index (χ1n) is 12.1. The Morgan fingerprint density at radius 2 is 1.50 bits per heavy atom. The monoisotopic (exact) mass is 597 g/mol. The number of halogens is 3. The lowest BCUT2D eigenvalue weighted by atomic mass is 9.83. The Morgan fingerprint density at radius 1 is 0.875 bits per heavy atom. The molecular weight excluding hydrogens is 580 g/mol. The minimum Gasteiger partial charge on any atom is -0.325 e. The molecule has 202 valence electrons. The van der Waals surface area contributed by atoms with Crippen LogP contribution in [0.15, 0.2) is 82.6 Å². The molecular formula is C28H18ClF2N3O4S2. The summed E-state index contributed by atoms with van der Waals surface area (Å²) in [5, 5.41) is 2.71. The number of carbonyl (C=O) groups is 3. The second-order valence-corrected chi connectivity index (χ2v) is 11.8. The second-order valence-electron chi connectivity index (χ2n) is 9.26. The van der Waals surface area contributed by atoms with Gasteiger partial charge in [-0.25, -0.2) is 13.7 Å². The topological polar surface area (TPSA) is 88.5 Å². The number of amides is 3. The van der Waals surface area contributed by atoms with Crippen LogP contribution in [0.3, 0.4) is 0 Å². The molecule has 7 nitrogen and oxygen atoms in total. The van der Waals surface area contributed by atoms with Crippen LogP contribution >= 0.6 is 34.7 Å². The van der Waals surface area contributed by atoms with Gasteiger partial charge in [-0.05, 0) is 66.2 Å². The summed E-state index contributed by atoms with van der Waals surface area (Å²) in [6.45, 7) is -0.322. The molecule has 0 saturated carbocycles. The van der Waals surface area contributed by atoms with Gasteiger partial charge in [0.15, 0.2) is 0 Å². The summed E-state index contributed by atoms with van der Waals surface area (Å²) < 4.78 is 28.7. The number of benzene rings is 3. The molecule has 3 atom stereocenters.